The number of carbonyl (C=O) groups excluding carboxylic acids is 1. The smallest absolute Gasteiger partial charge is 0.222 e. The van der Waals surface area contributed by atoms with Gasteiger partial charge in [-0.05, 0) is 79.5 Å². The Morgan fingerprint density at radius 2 is 1.89 bits per heavy atom. The molecule has 0 spiro atoms. The summed E-state index contributed by atoms with van der Waals surface area (Å²) >= 11 is 0. The third-order valence-corrected chi connectivity index (χ3v) is 12.3. The van der Waals surface area contributed by atoms with Gasteiger partial charge in [0.25, 0.3) is 0 Å². The number of pyridine rings is 1. The average Bonchev–Trinajstić information content (AvgIpc) is 3.92. The zero-order chi connectivity index (χ0) is 36.7. The van der Waals surface area contributed by atoms with E-state index in [9.17, 15) is 15.2 Å². The number of rotatable bonds is 9. The summed E-state index contributed by atoms with van der Waals surface area (Å²) in [6, 6.07) is 16.2. The van der Waals surface area contributed by atoms with Gasteiger partial charge in [-0.15, -0.1) is 0 Å². The minimum absolute atomic E-state index is 0.0360. The molecule has 10 rings (SSSR count). The van der Waals surface area contributed by atoms with Crippen molar-refractivity contribution in [3.63, 3.8) is 0 Å². The number of aromatic nitrogens is 3. The summed E-state index contributed by atoms with van der Waals surface area (Å²) in [5, 5.41) is 26.8. The van der Waals surface area contributed by atoms with Gasteiger partial charge < -0.3 is 29.7 Å². The molecule has 11 nitrogen and oxygen atoms in total. The van der Waals surface area contributed by atoms with Crippen LogP contribution in [0, 0.1) is 29.0 Å². The summed E-state index contributed by atoms with van der Waals surface area (Å²) in [4.78, 5) is 31.9. The number of phenols is 1. The van der Waals surface area contributed by atoms with E-state index in [-0.39, 0.29) is 35.2 Å². The predicted molar refractivity (Wildman–Crippen MR) is 204 cm³/mol. The monoisotopic (exact) mass is 715 g/mol. The maximum atomic E-state index is 17.7. The molecule has 4 unspecified atom stereocenters. The predicted octanol–water partition coefficient (Wildman–Crippen LogP) is 4.90. The van der Waals surface area contributed by atoms with E-state index in [1.165, 1.54) is 0 Å². The van der Waals surface area contributed by atoms with E-state index in [1.807, 2.05) is 30.3 Å². The number of hydrogen-bond donors (Lipinski definition) is 2. The van der Waals surface area contributed by atoms with E-state index in [2.05, 4.69) is 44.7 Å². The largest absolute Gasteiger partial charge is 0.508 e. The fraction of sp³-hybridized carbons (Fsp3) is 0.463. The first kappa shape index (κ1) is 34.0. The van der Waals surface area contributed by atoms with Crippen molar-refractivity contribution < 1.29 is 14.3 Å². The SMILES string of the molecule is CN(C)C(=O)CCc1nc2c(N3CC(N(C)C)C3)nc3c(F)c(-c4cc(O)cc5ccccc45)cc(CN4CCC(C#N)C4)c3c2n1C1C2CNC1C2. The number of imidazole rings is 1. The number of anilines is 1. The number of likely N-dealkylation sites (N-methyl/N-ethyl adjacent to an activating group) is 1. The standard InChI is InChI=1S/C41H46FN9O2/c1-47(2)27-21-50(22-27)41-38-40(51(39-25-15-32(39)44-18-25)33(45-38)9-10-34(53)48(3)4)35-26(20-49-12-11-23(17-43)19-49)14-31(36(42)37(35)46-41)30-16-28(52)13-24-7-5-6-8-29(24)30/h5-8,13-14,16,23,25,27,32,39,44,52H,9-12,15,18-22H2,1-4H3. The van der Waals surface area contributed by atoms with Crippen LogP contribution in [-0.4, -0.2) is 113 Å². The zero-order valence-electron chi connectivity index (χ0n) is 30.8. The Morgan fingerprint density at radius 3 is 2.58 bits per heavy atom. The molecule has 1 aliphatic carbocycles. The number of halogens is 1. The van der Waals surface area contributed by atoms with Gasteiger partial charge in [-0.1, -0.05) is 24.3 Å². The van der Waals surface area contributed by atoms with Crippen LogP contribution in [0.2, 0.25) is 0 Å². The molecule has 4 saturated heterocycles. The Hall–Kier alpha value is -4.83. The van der Waals surface area contributed by atoms with E-state index in [0.717, 1.165) is 77.6 Å². The van der Waals surface area contributed by atoms with Gasteiger partial charge in [0, 0.05) is 82.7 Å². The Morgan fingerprint density at radius 1 is 1.08 bits per heavy atom. The summed E-state index contributed by atoms with van der Waals surface area (Å²) in [7, 11) is 7.71. The van der Waals surface area contributed by atoms with Gasteiger partial charge in [0.1, 0.15) is 22.6 Å². The van der Waals surface area contributed by atoms with Gasteiger partial charge >= 0.3 is 0 Å². The maximum absolute atomic E-state index is 17.7. The number of fused-ring (bicyclic) bond motifs is 5. The Labute approximate surface area is 308 Å². The van der Waals surface area contributed by atoms with Crippen LogP contribution in [0.1, 0.15) is 36.7 Å². The second kappa shape index (κ2) is 12.9. The molecule has 1 saturated carbocycles. The van der Waals surface area contributed by atoms with Crippen molar-refractivity contribution in [2.24, 2.45) is 11.8 Å². The Bertz CT molecular complexity index is 2310. The third-order valence-electron chi connectivity index (χ3n) is 12.3. The molecule has 4 atom stereocenters. The van der Waals surface area contributed by atoms with Crippen LogP contribution >= 0.6 is 0 Å². The van der Waals surface area contributed by atoms with Gasteiger partial charge in [-0.25, -0.2) is 14.4 Å². The molecule has 5 aromatic rings. The normalized spacial score (nSPS) is 22.9. The average molecular weight is 716 g/mol. The number of hydrogen-bond acceptors (Lipinski definition) is 9. The molecule has 53 heavy (non-hydrogen) atoms. The second-order valence-corrected chi connectivity index (χ2v) is 16.0. The maximum Gasteiger partial charge on any atom is 0.222 e. The third kappa shape index (κ3) is 5.59. The molecule has 2 aromatic heterocycles. The first-order valence-electron chi connectivity index (χ1n) is 18.8. The molecule has 0 radical (unpaired) electrons. The lowest BCUT2D eigenvalue weighted by Crippen LogP contribution is -2.57. The van der Waals surface area contributed by atoms with Crippen LogP contribution in [0.15, 0.2) is 42.5 Å². The summed E-state index contributed by atoms with van der Waals surface area (Å²) in [6.45, 7) is 4.32. The lowest BCUT2D eigenvalue weighted by Gasteiger charge is -2.43. The fourth-order valence-electron chi connectivity index (χ4n) is 9.22. The minimum atomic E-state index is -0.435. The lowest BCUT2D eigenvalue weighted by atomic mass is 9.79. The molecule has 2 bridgehead atoms. The number of nitrogens with one attached hydrogen (secondary N) is 1. The molecule has 3 aromatic carbocycles. The number of aryl methyl sites for hydroxylation is 1. The molecule has 1 amide bonds. The summed E-state index contributed by atoms with van der Waals surface area (Å²) in [5.74, 6) is 1.52. The molecule has 2 N–H and O–H groups in total. The molecular weight excluding hydrogens is 670 g/mol. The number of phenolic OH excluding ortho intramolecular Hbond substituents is 1. The number of aromatic hydroxyl groups is 1. The fourth-order valence-corrected chi connectivity index (χ4v) is 9.22. The lowest BCUT2D eigenvalue weighted by molar-refractivity contribution is -0.128. The summed E-state index contributed by atoms with van der Waals surface area (Å²) in [6.07, 6.45) is 2.65. The molecular formula is C41H46FN9O2. The van der Waals surface area contributed by atoms with Gasteiger partial charge in [-0.2, -0.15) is 5.26 Å². The summed E-state index contributed by atoms with van der Waals surface area (Å²) < 4.78 is 20.1. The number of carbonyl (C=O) groups is 1. The molecule has 274 valence electrons. The van der Waals surface area contributed by atoms with Crippen molar-refractivity contribution in [3.8, 4) is 22.9 Å². The molecule has 4 aliphatic heterocycles. The van der Waals surface area contributed by atoms with Gasteiger partial charge in [0.15, 0.2) is 11.6 Å². The van der Waals surface area contributed by atoms with Crippen molar-refractivity contribution in [2.75, 3.05) is 65.8 Å². The van der Waals surface area contributed by atoms with E-state index >= 15 is 4.39 Å². The quantitative estimate of drug-likeness (QED) is 0.220. The van der Waals surface area contributed by atoms with E-state index in [0.29, 0.717) is 54.8 Å². The van der Waals surface area contributed by atoms with Crippen LogP contribution in [0.3, 0.4) is 0 Å². The van der Waals surface area contributed by atoms with Crippen LogP contribution < -0.4 is 10.2 Å². The first-order valence-corrected chi connectivity index (χ1v) is 18.8. The molecule has 5 aliphatic rings. The Kier molecular flexibility index (Phi) is 8.29. The van der Waals surface area contributed by atoms with Crippen LogP contribution in [-0.2, 0) is 17.8 Å². The molecule has 5 fully saturated rings. The Balaban J connectivity index is 1.34. The highest BCUT2D eigenvalue weighted by atomic mass is 19.1. The van der Waals surface area contributed by atoms with E-state index in [4.69, 9.17) is 9.97 Å². The molecule has 6 heterocycles. The summed E-state index contributed by atoms with van der Waals surface area (Å²) in [5.41, 5.74) is 3.82. The van der Waals surface area contributed by atoms with Crippen molar-refractivity contribution in [1.82, 2.24) is 34.6 Å². The highest BCUT2D eigenvalue weighted by Gasteiger charge is 2.49. The number of benzene rings is 3. The number of likely N-dealkylation sites (tertiary alicyclic amines) is 1. The highest BCUT2D eigenvalue weighted by molar-refractivity contribution is 6.11. The van der Waals surface area contributed by atoms with Crippen molar-refractivity contribution in [1.29, 1.82) is 5.26 Å². The van der Waals surface area contributed by atoms with E-state index < -0.39 is 5.82 Å². The van der Waals surface area contributed by atoms with Crippen LogP contribution in [0.5, 0.6) is 5.75 Å². The first-order chi connectivity index (χ1) is 25.6. The van der Waals surface area contributed by atoms with Gasteiger partial charge in [-0.3, -0.25) is 9.69 Å². The zero-order valence-corrected chi connectivity index (χ0v) is 30.8. The van der Waals surface area contributed by atoms with Crippen molar-refractivity contribution in [3.05, 3.63) is 59.7 Å². The van der Waals surface area contributed by atoms with Gasteiger partial charge in [0.05, 0.1) is 23.5 Å². The minimum Gasteiger partial charge on any atom is -0.508 e. The van der Waals surface area contributed by atoms with Crippen LogP contribution in [0.4, 0.5) is 10.2 Å². The van der Waals surface area contributed by atoms with Gasteiger partial charge in [0.2, 0.25) is 5.91 Å². The highest BCUT2D eigenvalue weighted by Crippen LogP contribution is 2.49. The van der Waals surface area contributed by atoms with Crippen molar-refractivity contribution in [2.45, 2.75) is 50.4 Å². The number of amides is 1. The topological polar surface area (TPSA) is 117 Å². The number of nitrogens with zero attached hydrogens (tertiary/aromatic N) is 8. The number of nitriles is 1. The van der Waals surface area contributed by atoms with E-state index in [1.54, 1.807) is 31.1 Å². The van der Waals surface area contributed by atoms with Crippen molar-refractivity contribution >= 4 is 44.4 Å². The second-order valence-electron chi connectivity index (χ2n) is 16.0. The molecule has 12 heteroatoms. The van der Waals surface area contributed by atoms with Crippen LogP contribution in [0.25, 0.3) is 43.8 Å².